The molecule has 0 saturated carbocycles. The molecule has 1 fully saturated rings. The van der Waals surface area contributed by atoms with Gasteiger partial charge in [0.15, 0.2) is 0 Å². The average molecular weight is 460 g/mol. The maximum absolute atomic E-state index is 14.0. The molecule has 3 heterocycles. The van der Waals surface area contributed by atoms with Crippen LogP contribution in [0, 0.1) is 11.7 Å². The van der Waals surface area contributed by atoms with Crippen LogP contribution in [0.3, 0.4) is 0 Å². The molecule has 0 aliphatic carbocycles. The number of fused-ring (bicyclic) bond motifs is 2. The normalized spacial score (nSPS) is 28.9. The monoisotopic (exact) mass is 459 g/mol. The Hall–Kier alpha value is -2.35. The molecule has 3 aliphatic rings. The number of guanidine groups is 1. The smallest absolute Gasteiger partial charge is 0.221 e. The summed E-state index contributed by atoms with van der Waals surface area (Å²) in [6.45, 7) is 4.92. The van der Waals surface area contributed by atoms with Crippen molar-refractivity contribution in [3.8, 4) is 16.9 Å². The summed E-state index contributed by atoms with van der Waals surface area (Å²) in [5.74, 6) is 0.917. The van der Waals surface area contributed by atoms with Gasteiger partial charge < -0.3 is 15.2 Å². The third kappa shape index (κ3) is 3.83. The van der Waals surface area contributed by atoms with E-state index in [2.05, 4.69) is 13.8 Å². The summed E-state index contributed by atoms with van der Waals surface area (Å²) in [5.41, 5.74) is 7.16. The van der Waals surface area contributed by atoms with Crippen LogP contribution in [-0.4, -0.2) is 36.4 Å². The lowest BCUT2D eigenvalue weighted by Gasteiger charge is -2.44. The SMILES string of the molecule is CN1OC2(CC(C3CCOC(C)(C)C3)Oc3ccc(-c4cc(F)cc(Cl)c4)cc32)N=C1N. The van der Waals surface area contributed by atoms with E-state index in [0.29, 0.717) is 41.2 Å². The van der Waals surface area contributed by atoms with Crippen LogP contribution in [-0.2, 0) is 15.3 Å². The summed E-state index contributed by atoms with van der Waals surface area (Å²) in [6, 6.07) is 10.2. The molecule has 5 rings (SSSR count). The van der Waals surface area contributed by atoms with Gasteiger partial charge in [-0.2, -0.15) is 0 Å². The molecule has 2 N–H and O–H groups in total. The molecule has 1 saturated heterocycles. The van der Waals surface area contributed by atoms with Crippen molar-refractivity contribution >= 4 is 17.6 Å². The van der Waals surface area contributed by atoms with E-state index in [9.17, 15) is 4.39 Å². The highest BCUT2D eigenvalue weighted by Gasteiger charge is 2.51. The minimum atomic E-state index is -0.993. The van der Waals surface area contributed by atoms with E-state index >= 15 is 0 Å². The Morgan fingerprint density at radius 1 is 1.16 bits per heavy atom. The third-order valence-electron chi connectivity index (χ3n) is 6.52. The zero-order valence-electron chi connectivity index (χ0n) is 18.4. The highest BCUT2D eigenvalue weighted by Crippen LogP contribution is 2.50. The Morgan fingerprint density at radius 2 is 1.97 bits per heavy atom. The van der Waals surface area contributed by atoms with Crippen molar-refractivity contribution < 1.29 is 18.7 Å². The van der Waals surface area contributed by atoms with Crippen LogP contribution in [0.1, 0.15) is 38.7 Å². The summed E-state index contributed by atoms with van der Waals surface area (Å²) in [4.78, 5) is 11.0. The lowest BCUT2D eigenvalue weighted by molar-refractivity contribution is -0.198. The van der Waals surface area contributed by atoms with Gasteiger partial charge in [0.1, 0.15) is 17.7 Å². The molecule has 32 heavy (non-hydrogen) atoms. The molecule has 1 spiro atoms. The third-order valence-corrected chi connectivity index (χ3v) is 6.74. The molecule has 2 aromatic carbocycles. The topological polar surface area (TPSA) is 69.3 Å². The molecule has 0 aromatic heterocycles. The van der Waals surface area contributed by atoms with E-state index in [4.69, 9.17) is 36.6 Å². The summed E-state index contributed by atoms with van der Waals surface area (Å²) in [5, 5.41) is 1.83. The average Bonchev–Trinajstić information content (AvgIpc) is 3.00. The lowest BCUT2D eigenvalue weighted by Crippen LogP contribution is -2.46. The highest BCUT2D eigenvalue weighted by molar-refractivity contribution is 6.30. The Balaban J connectivity index is 1.57. The van der Waals surface area contributed by atoms with Crippen molar-refractivity contribution in [2.75, 3.05) is 13.7 Å². The molecular formula is C24H27ClFN3O3. The lowest BCUT2D eigenvalue weighted by atomic mass is 9.79. The highest BCUT2D eigenvalue weighted by atomic mass is 35.5. The molecule has 6 nitrogen and oxygen atoms in total. The van der Waals surface area contributed by atoms with Gasteiger partial charge in [0.25, 0.3) is 0 Å². The van der Waals surface area contributed by atoms with Crippen LogP contribution in [0.25, 0.3) is 11.1 Å². The van der Waals surface area contributed by atoms with E-state index < -0.39 is 11.5 Å². The van der Waals surface area contributed by atoms with E-state index in [1.807, 2.05) is 18.2 Å². The van der Waals surface area contributed by atoms with Gasteiger partial charge in [0.2, 0.25) is 11.7 Å². The van der Waals surface area contributed by atoms with E-state index in [1.54, 1.807) is 13.1 Å². The molecule has 2 aromatic rings. The summed E-state index contributed by atoms with van der Waals surface area (Å²) in [7, 11) is 1.74. The van der Waals surface area contributed by atoms with Crippen LogP contribution in [0.2, 0.25) is 5.02 Å². The van der Waals surface area contributed by atoms with Crippen LogP contribution < -0.4 is 10.5 Å². The van der Waals surface area contributed by atoms with Crippen molar-refractivity contribution in [2.24, 2.45) is 16.6 Å². The van der Waals surface area contributed by atoms with E-state index in [1.165, 1.54) is 17.2 Å². The number of aliphatic imine (C=N–C) groups is 1. The Labute approximate surface area is 192 Å². The van der Waals surface area contributed by atoms with Gasteiger partial charge in [-0.3, -0.25) is 0 Å². The molecular weight excluding hydrogens is 433 g/mol. The van der Waals surface area contributed by atoms with Crippen molar-refractivity contribution in [3.05, 3.63) is 52.8 Å². The van der Waals surface area contributed by atoms with Gasteiger partial charge in [-0.05, 0) is 68.1 Å². The zero-order valence-corrected chi connectivity index (χ0v) is 19.2. The minimum absolute atomic E-state index is 0.0943. The quantitative estimate of drug-likeness (QED) is 0.695. The van der Waals surface area contributed by atoms with Crippen molar-refractivity contribution in [2.45, 2.75) is 50.5 Å². The largest absolute Gasteiger partial charge is 0.489 e. The predicted octanol–water partition coefficient (Wildman–Crippen LogP) is 4.85. The van der Waals surface area contributed by atoms with Crippen molar-refractivity contribution in [1.82, 2.24) is 5.06 Å². The molecule has 8 heteroatoms. The number of ether oxygens (including phenoxy) is 2. The van der Waals surface area contributed by atoms with Crippen LogP contribution in [0.4, 0.5) is 4.39 Å². The molecule has 3 aliphatic heterocycles. The second-order valence-corrected chi connectivity index (χ2v) is 9.87. The second kappa shape index (κ2) is 7.61. The Bertz CT molecular complexity index is 1070. The number of nitrogens with zero attached hydrogens (tertiary/aromatic N) is 2. The van der Waals surface area contributed by atoms with Crippen LogP contribution >= 0.6 is 11.6 Å². The number of halogens is 2. The minimum Gasteiger partial charge on any atom is -0.489 e. The number of hydroxylamine groups is 2. The van der Waals surface area contributed by atoms with Crippen LogP contribution in [0.5, 0.6) is 5.75 Å². The van der Waals surface area contributed by atoms with Gasteiger partial charge in [0, 0.05) is 31.0 Å². The molecule has 0 radical (unpaired) electrons. The van der Waals surface area contributed by atoms with E-state index in [0.717, 1.165) is 24.0 Å². The van der Waals surface area contributed by atoms with Gasteiger partial charge in [0.05, 0.1) is 11.2 Å². The van der Waals surface area contributed by atoms with Crippen molar-refractivity contribution in [1.29, 1.82) is 0 Å². The molecule has 0 amide bonds. The number of hydrogen-bond donors (Lipinski definition) is 1. The fourth-order valence-corrected chi connectivity index (χ4v) is 5.25. The van der Waals surface area contributed by atoms with Gasteiger partial charge >= 0.3 is 0 Å². The first kappa shape index (κ1) is 21.5. The van der Waals surface area contributed by atoms with Crippen LogP contribution in [0.15, 0.2) is 41.4 Å². The van der Waals surface area contributed by atoms with Crippen molar-refractivity contribution in [3.63, 3.8) is 0 Å². The number of benzene rings is 2. The Morgan fingerprint density at radius 3 is 2.66 bits per heavy atom. The summed E-state index contributed by atoms with van der Waals surface area (Å²) >= 11 is 6.09. The zero-order chi connectivity index (χ0) is 22.7. The number of nitrogens with two attached hydrogens (primary N) is 1. The molecule has 3 atom stereocenters. The molecule has 170 valence electrons. The van der Waals surface area contributed by atoms with Gasteiger partial charge in [-0.1, -0.05) is 17.7 Å². The van der Waals surface area contributed by atoms with Gasteiger partial charge in [-0.25, -0.2) is 19.3 Å². The summed E-state index contributed by atoms with van der Waals surface area (Å²) in [6.07, 6.45) is 2.23. The fourth-order valence-electron chi connectivity index (χ4n) is 5.03. The van der Waals surface area contributed by atoms with Gasteiger partial charge in [-0.15, -0.1) is 0 Å². The second-order valence-electron chi connectivity index (χ2n) is 9.43. The maximum atomic E-state index is 14.0. The number of rotatable bonds is 2. The molecule has 3 unspecified atom stereocenters. The first-order valence-corrected chi connectivity index (χ1v) is 11.2. The number of hydrogen-bond acceptors (Lipinski definition) is 6. The summed E-state index contributed by atoms with van der Waals surface area (Å²) < 4.78 is 26.4. The molecule has 0 bridgehead atoms. The predicted molar refractivity (Wildman–Crippen MR) is 121 cm³/mol. The first-order chi connectivity index (χ1) is 15.1. The fraction of sp³-hybridized carbons (Fsp3) is 0.458. The maximum Gasteiger partial charge on any atom is 0.221 e. The standard InChI is InChI=1S/C24H27ClFN3O3/c1-23(2)12-15(6-7-30-23)21-13-24(28-22(27)29(3)32-24)19-10-14(4-5-20(19)31-21)16-8-17(25)11-18(26)9-16/h4-5,8-11,15,21H,6-7,12-13H2,1-3H3,(H2,27,28). The van der Waals surface area contributed by atoms with E-state index in [-0.39, 0.29) is 11.7 Å². The Kier molecular flexibility index (Phi) is 5.11. The first-order valence-electron chi connectivity index (χ1n) is 10.8.